The molecule has 0 saturated heterocycles. The smallest absolute Gasteiger partial charge is 0.167 e. The van der Waals surface area contributed by atoms with Crippen molar-refractivity contribution < 1.29 is 9.13 Å². The van der Waals surface area contributed by atoms with E-state index in [1.807, 2.05) is 0 Å². The summed E-state index contributed by atoms with van der Waals surface area (Å²) >= 11 is 0. The summed E-state index contributed by atoms with van der Waals surface area (Å²) in [6, 6.07) is 3.29. The van der Waals surface area contributed by atoms with Gasteiger partial charge in [-0.05, 0) is 18.8 Å². The van der Waals surface area contributed by atoms with Gasteiger partial charge in [0.2, 0.25) is 0 Å². The summed E-state index contributed by atoms with van der Waals surface area (Å²) < 4.78 is 18.9. The SMILES string of the molecule is COc1cc2c(cc1F)NCC1(CCC(C)CC1)CN2. The molecular weight excluding hydrogens is 255 g/mol. The summed E-state index contributed by atoms with van der Waals surface area (Å²) in [5.74, 6) is 0.823. The number of hydrogen-bond acceptors (Lipinski definition) is 3. The van der Waals surface area contributed by atoms with Crippen LogP contribution < -0.4 is 15.4 Å². The number of benzene rings is 1. The highest BCUT2D eigenvalue weighted by Gasteiger charge is 2.35. The molecule has 1 spiro atoms. The van der Waals surface area contributed by atoms with Crippen molar-refractivity contribution in [3.63, 3.8) is 0 Å². The van der Waals surface area contributed by atoms with Gasteiger partial charge in [-0.15, -0.1) is 0 Å². The first kappa shape index (κ1) is 13.5. The zero-order valence-electron chi connectivity index (χ0n) is 12.3. The lowest BCUT2D eigenvalue weighted by molar-refractivity contribution is 0.185. The molecule has 0 bridgehead atoms. The Bertz CT molecular complexity index is 495. The van der Waals surface area contributed by atoms with Crippen LogP contribution in [0, 0.1) is 17.2 Å². The van der Waals surface area contributed by atoms with Crippen LogP contribution in [0.1, 0.15) is 32.6 Å². The first-order valence-corrected chi connectivity index (χ1v) is 7.47. The minimum Gasteiger partial charge on any atom is -0.494 e. The maximum Gasteiger partial charge on any atom is 0.167 e. The molecule has 3 nitrogen and oxygen atoms in total. The Morgan fingerprint density at radius 3 is 2.35 bits per heavy atom. The lowest BCUT2D eigenvalue weighted by Crippen LogP contribution is -2.38. The summed E-state index contributed by atoms with van der Waals surface area (Å²) in [6.07, 6.45) is 5.05. The summed E-state index contributed by atoms with van der Waals surface area (Å²) in [6.45, 7) is 4.21. The van der Waals surface area contributed by atoms with Crippen molar-refractivity contribution in [2.75, 3.05) is 30.8 Å². The third-order valence-corrected chi connectivity index (χ3v) is 4.93. The lowest BCUT2D eigenvalue weighted by atomic mass is 9.71. The molecule has 0 aromatic heterocycles. The molecule has 3 rings (SSSR count). The van der Waals surface area contributed by atoms with Crippen LogP contribution in [0.15, 0.2) is 12.1 Å². The third kappa shape index (κ3) is 2.43. The zero-order valence-corrected chi connectivity index (χ0v) is 12.3. The Morgan fingerprint density at radius 2 is 1.75 bits per heavy atom. The van der Waals surface area contributed by atoms with E-state index < -0.39 is 0 Å². The molecule has 1 fully saturated rings. The Labute approximate surface area is 119 Å². The molecule has 0 radical (unpaired) electrons. The highest BCUT2D eigenvalue weighted by molar-refractivity contribution is 5.72. The second-order valence-corrected chi connectivity index (χ2v) is 6.42. The molecule has 1 heterocycles. The fraction of sp³-hybridized carbons (Fsp3) is 0.625. The zero-order chi connectivity index (χ0) is 14.2. The van der Waals surface area contributed by atoms with Gasteiger partial charge in [-0.3, -0.25) is 0 Å². The van der Waals surface area contributed by atoms with Crippen molar-refractivity contribution in [2.24, 2.45) is 11.3 Å². The van der Waals surface area contributed by atoms with Gasteiger partial charge in [0.15, 0.2) is 11.6 Å². The molecule has 0 amide bonds. The molecule has 1 aromatic rings. The van der Waals surface area contributed by atoms with Gasteiger partial charge in [0, 0.05) is 30.6 Å². The lowest BCUT2D eigenvalue weighted by Gasteiger charge is -2.38. The van der Waals surface area contributed by atoms with Gasteiger partial charge in [0.05, 0.1) is 18.5 Å². The van der Waals surface area contributed by atoms with Crippen LogP contribution in [0.2, 0.25) is 0 Å². The molecule has 1 aliphatic carbocycles. The summed E-state index contributed by atoms with van der Waals surface area (Å²) in [7, 11) is 1.50. The number of methoxy groups -OCH3 is 1. The number of rotatable bonds is 1. The van der Waals surface area contributed by atoms with E-state index in [2.05, 4.69) is 17.6 Å². The van der Waals surface area contributed by atoms with Crippen molar-refractivity contribution in [1.82, 2.24) is 0 Å². The predicted molar refractivity (Wildman–Crippen MR) is 80.0 cm³/mol. The van der Waals surface area contributed by atoms with Crippen LogP contribution in [0.3, 0.4) is 0 Å². The van der Waals surface area contributed by atoms with Crippen molar-refractivity contribution >= 4 is 11.4 Å². The summed E-state index contributed by atoms with van der Waals surface area (Å²) in [5.41, 5.74) is 2.09. The Kier molecular flexibility index (Phi) is 3.48. The van der Waals surface area contributed by atoms with Crippen LogP contribution >= 0.6 is 0 Å². The Balaban J connectivity index is 1.81. The van der Waals surface area contributed by atoms with Gasteiger partial charge < -0.3 is 15.4 Å². The summed E-state index contributed by atoms with van der Waals surface area (Å²) in [4.78, 5) is 0. The van der Waals surface area contributed by atoms with Gasteiger partial charge in [-0.2, -0.15) is 0 Å². The van der Waals surface area contributed by atoms with Crippen LogP contribution in [0.25, 0.3) is 0 Å². The van der Waals surface area contributed by atoms with E-state index in [-0.39, 0.29) is 5.82 Å². The molecular formula is C16H23FN2O. The summed E-state index contributed by atoms with van der Waals surface area (Å²) in [5, 5.41) is 6.93. The van der Waals surface area contributed by atoms with Crippen molar-refractivity contribution in [2.45, 2.75) is 32.6 Å². The van der Waals surface area contributed by atoms with E-state index in [0.717, 1.165) is 30.4 Å². The fourth-order valence-electron chi connectivity index (χ4n) is 3.36. The second kappa shape index (κ2) is 5.15. The molecule has 20 heavy (non-hydrogen) atoms. The van der Waals surface area contributed by atoms with Gasteiger partial charge in [0.1, 0.15) is 0 Å². The van der Waals surface area contributed by atoms with Crippen molar-refractivity contribution in [1.29, 1.82) is 0 Å². The molecule has 2 N–H and O–H groups in total. The first-order valence-electron chi connectivity index (χ1n) is 7.47. The van der Waals surface area contributed by atoms with E-state index in [9.17, 15) is 4.39 Å². The molecule has 1 aliphatic heterocycles. The molecule has 2 aliphatic rings. The monoisotopic (exact) mass is 278 g/mol. The van der Waals surface area contributed by atoms with E-state index in [0.29, 0.717) is 11.2 Å². The molecule has 1 aromatic carbocycles. The van der Waals surface area contributed by atoms with E-state index >= 15 is 0 Å². The Morgan fingerprint density at radius 1 is 1.15 bits per heavy atom. The van der Waals surface area contributed by atoms with Gasteiger partial charge in [-0.1, -0.05) is 19.8 Å². The van der Waals surface area contributed by atoms with Crippen molar-refractivity contribution in [3.05, 3.63) is 17.9 Å². The third-order valence-electron chi connectivity index (χ3n) is 4.93. The van der Waals surface area contributed by atoms with E-state index in [1.54, 1.807) is 6.07 Å². The standard InChI is InChI=1S/C16H23FN2O/c1-11-3-5-16(6-4-11)9-18-13-7-12(17)15(20-2)8-14(13)19-10-16/h7-8,11,18-19H,3-6,9-10H2,1-2H3. The molecule has 0 unspecified atom stereocenters. The van der Waals surface area contributed by atoms with Crippen LogP contribution in [0.4, 0.5) is 15.8 Å². The normalized spacial score (nSPS) is 29.1. The van der Waals surface area contributed by atoms with Crippen molar-refractivity contribution in [3.8, 4) is 5.75 Å². The number of fused-ring (bicyclic) bond motifs is 1. The average Bonchev–Trinajstić information content (AvgIpc) is 2.62. The number of hydrogen-bond donors (Lipinski definition) is 2. The van der Waals surface area contributed by atoms with Gasteiger partial charge >= 0.3 is 0 Å². The first-order chi connectivity index (χ1) is 9.62. The second-order valence-electron chi connectivity index (χ2n) is 6.42. The Hall–Kier alpha value is -1.45. The number of anilines is 2. The van der Waals surface area contributed by atoms with E-state index in [4.69, 9.17) is 4.74 Å². The van der Waals surface area contributed by atoms with E-state index in [1.165, 1.54) is 38.9 Å². The highest BCUT2D eigenvalue weighted by Crippen LogP contribution is 2.42. The molecule has 1 saturated carbocycles. The maximum atomic E-state index is 13.8. The quantitative estimate of drug-likeness (QED) is 0.818. The number of ether oxygens (including phenoxy) is 1. The predicted octanol–water partition coefficient (Wildman–Crippen LogP) is 3.87. The number of nitrogens with one attached hydrogen (secondary N) is 2. The topological polar surface area (TPSA) is 33.3 Å². The average molecular weight is 278 g/mol. The highest BCUT2D eigenvalue weighted by atomic mass is 19.1. The minimum absolute atomic E-state index is 0.297. The number of halogens is 1. The van der Waals surface area contributed by atoms with Gasteiger partial charge in [-0.25, -0.2) is 4.39 Å². The van der Waals surface area contributed by atoms with Crippen LogP contribution in [-0.2, 0) is 0 Å². The van der Waals surface area contributed by atoms with Crippen LogP contribution in [0.5, 0.6) is 5.75 Å². The molecule has 110 valence electrons. The molecule has 4 heteroatoms. The fourth-order valence-corrected chi connectivity index (χ4v) is 3.36. The van der Waals surface area contributed by atoms with Gasteiger partial charge in [0.25, 0.3) is 0 Å². The molecule has 0 atom stereocenters. The van der Waals surface area contributed by atoms with Crippen LogP contribution in [-0.4, -0.2) is 20.2 Å². The minimum atomic E-state index is -0.311. The largest absolute Gasteiger partial charge is 0.494 e. The maximum absolute atomic E-state index is 13.8.